The maximum Gasteiger partial charge on any atom is 0.303 e. The number of nitrogens with zero attached hydrogens (tertiary/aromatic N) is 6. The van der Waals surface area contributed by atoms with Crippen molar-refractivity contribution in [2.24, 2.45) is 0 Å². The lowest BCUT2D eigenvalue weighted by Crippen LogP contribution is -2.05. The van der Waals surface area contributed by atoms with Gasteiger partial charge in [0, 0.05) is 24.0 Å². The van der Waals surface area contributed by atoms with E-state index in [0.717, 1.165) is 57.9 Å². The molecular formula is C31H33N7O2. The first kappa shape index (κ1) is 26.9. The van der Waals surface area contributed by atoms with Crippen LogP contribution in [-0.2, 0) is 24.2 Å². The Morgan fingerprint density at radius 2 is 1.57 bits per heavy atom. The second-order valence-electron chi connectivity index (χ2n) is 9.89. The molecule has 5 aromatic rings. The molecule has 0 fully saturated rings. The smallest absolute Gasteiger partial charge is 0.303 e. The second kappa shape index (κ2) is 12.9. The Hall–Kier alpha value is -4.66. The van der Waals surface area contributed by atoms with E-state index in [-0.39, 0.29) is 6.42 Å². The second-order valence-corrected chi connectivity index (χ2v) is 9.89. The van der Waals surface area contributed by atoms with Crippen LogP contribution in [0.15, 0.2) is 72.8 Å². The predicted octanol–water partition coefficient (Wildman–Crippen LogP) is 5.98. The van der Waals surface area contributed by atoms with Crippen LogP contribution in [0.1, 0.15) is 56.0 Å². The summed E-state index contributed by atoms with van der Waals surface area (Å²) in [5.74, 6) is 1.45. The van der Waals surface area contributed by atoms with E-state index in [4.69, 9.17) is 15.2 Å². The number of aryl methyl sites for hydroxylation is 2. The molecule has 9 heteroatoms. The number of hydrogen-bond acceptors (Lipinski definition) is 6. The zero-order valence-electron chi connectivity index (χ0n) is 22.6. The predicted molar refractivity (Wildman–Crippen MR) is 153 cm³/mol. The molecule has 0 spiro atoms. The van der Waals surface area contributed by atoms with Gasteiger partial charge in [-0.1, -0.05) is 99.0 Å². The molecule has 0 bridgehead atoms. The van der Waals surface area contributed by atoms with Crippen molar-refractivity contribution < 1.29 is 9.90 Å². The lowest BCUT2D eigenvalue weighted by molar-refractivity contribution is -0.136. The number of rotatable bonds is 13. The van der Waals surface area contributed by atoms with Crippen molar-refractivity contribution in [3.63, 3.8) is 0 Å². The largest absolute Gasteiger partial charge is 0.481 e. The lowest BCUT2D eigenvalue weighted by Gasteiger charge is -2.10. The Labute approximate surface area is 233 Å². The van der Waals surface area contributed by atoms with E-state index in [1.807, 2.05) is 47.1 Å². The van der Waals surface area contributed by atoms with Gasteiger partial charge in [0.05, 0.1) is 6.54 Å². The van der Waals surface area contributed by atoms with Gasteiger partial charge in [-0.3, -0.25) is 4.79 Å². The number of aromatic nitrogens is 7. The van der Waals surface area contributed by atoms with E-state index in [9.17, 15) is 4.79 Å². The van der Waals surface area contributed by atoms with E-state index < -0.39 is 5.97 Å². The molecule has 2 heterocycles. The van der Waals surface area contributed by atoms with Crippen molar-refractivity contribution >= 4 is 5.97 Å². The van der Waals surface area contributed by atoms with E-state index >= 15 is 0 Å². The van der Waals surface area contributed by atoms with Gasteiger partial charge in [-0.2, -0.15) is 10.3 Å². The molecule has 9 nitrogen and oxygen atoms in total. The summed E-state index contributed by atoms with van der Waals surface area (Å²) < 4.78 is 1.98. The Bertz CT molecular complexity index is 1530. The van der Waals surface area contributed by atoms with Gasteiger partial charge in [-0.15, -0.1) is 10.2 Å². The quantitative estimate of drug-likeness (QED) is 0.178. The Morgan fingerprint density at radius 1 is 0.850 bits per heavy atom. The molecule has 0 aliphatic rings. The van der Waals surface area contributed by atoms with Crippen LogP contribution in [-0.4, -0.2) is 46.5 Å². The Morgan fingerprint density at radius 3 is 2.27 bits per heavy atom. The molecule has 40 heavy (non-hydrogen) atoms. The zero-order chi connectivity index (χ0) is 27.7. The minimum Gasteiger partial charge on any atom is -0.481 e. The maximum absolute atomic E-state index is 11.0. The highest BCUT2D eigenvalue weighted by Gasteiger charge is 2.14. The topological polar surface area (TPSA) is 122 Å². The molecular weight excluding hydrogens is 502 g/mol. The third-order valence-electron chi connectivity index (χ3n) is 6.92. The van der Waals surface area contributed by atoms with Gasteiger partial charge in [0.15, 0.2) is 11.6 Å². The highest BCUT2D eigenvalue weighted by atomic mass is 16.4. The van der Waals surface area contributed by atoms with Gasteiger partial charge in [-0.05, 0) is 40.3 Å². The monoisotopic (exact) mass is 535 g/mol. The number of tetrazole rings is 1. The number of aliphatic carboxylic acids is 1. The third kappa shape index (κ3) is 6.66. The van der Waals surface area contributed by atoms with Crippen molar-refractivity contribution in [1.82, 2.24) is 35.4 Å². The average molecular weight is 536 g/mol. The molecule has 0 atom stereocenters. The summed E-state index contributed by atoms with van der Waals surface area (Å²) >= 11 is 0. The summed E-state index contributed by atoms with van der Waals surface area (Å²) in [5.41, 5.74) is 6.10. The van der Waals surface area contributed by atoms with Gasteiger partial charge >= 0.3 is 5.97 Å². The summed E-state index contributed by atoms with van der Waals surface area (Å²) in [4.78, 5) is 15.9. The number of nitrogens with one attached hydrogen (secondary N) is 1. The molecule has 0 aliphatic heterocycles. The number of carboxylic acid groups (broad SMARTS) is 1. The normalized spacial score (nSPS) is 11.1. The van der Waals surface area contributed by atoms with E-state index in [1.165, 1.54) is 19.3 Å². The summed E-state index contributed by atoms with van der Waals surface area (Å²) in [5, 5.41) is 28.4. The number of aromatic amines is 1. The number of carboxylic acids is 1. The fourth-order valence-corrected chi connectivity index (χ4v) is 4.77. The highest BCUT2D eigenvalue weighted by Crippen LogP contribution is 2.30. The first-order valence-corrected chi connectivity index (χ1v) is 13.8. The summed E-state index contributed by atoms with van der Waals surface area (Å²) in [6.07, 6.45) is 6.12. The SMILES string of the molecule is CCCCCCc1nc(-c2ccc(CCC(=O)O)cc2)n(Cc2ccc(-c3ccccc3-c3nn[nH]n3)cc2)n1. The number of H-pyrrole nitrogens is 1. The van der Waals surface area contributed by atoms with Crippen LogP contribution in [0.5, 0.6) is 0 Å². The van der Waals surface area contributed by atoms with Crippen LogP contribution in [0, 0.1) is 0 Å². The molecule has 0 amide bonds. The molecule has 0 saturated carbocycles. The number of benzene rings is 3. The standard InChI is InChI=1S/C31H33N7O2/c1-2-3-4-5-10-28-32-31(25-18-11-22(12-19-25)15-20-29(39)40)38(35-28)21-23-13-16-24(17-14-23)26-8-6-7-9-27(26)30-33-36-37-34-30/h6-9,11-14,16-19H,2-5,10,15,20-21H2,1H3,(H,39,40)(H,33,34,36,37). The molecule has 5 rings (SSSR count). The lowest BCUT2D eigenvalue weighted by atomic mass is 9.98. The number of carbonyl (C=O) groups is 1. The van der Waals surface area contributed by atoms with E-state index in [1.54, 1.807) is 0 Å². The molecule has 2 N–H and O–H groups in total. The van der Waals surface area contributed by atoms with Gasteiger partial charge in [0.1, 0.15) is 0 Å². The number of hydrogen-bond donors (Lipinski definition) is 2. The number of unbranched alkanes of at least 4 members (excludes halogenated alkanes) is 3. The Balaban J connectivity index is 1.38. The van der Waals surface area contributed by atoms with Crippen LogP contribution >= 0.6 is 0 Å². The third-order valence-corrected chi connectivity index (χ3v) is 6.92. The molecule has 2 aromatic heterocycles. The van der Waals surface area contributed by atoms with E-state index in [0.29, 0.717) is 18.8 Å². The summed E-state index contributed by atoms with van der Waals surface area (Å²) in [6, 6.07) is 24.4. The molecule has 204 valence electrons. The molecule has 3 aromatic carbocycles. The highest BCUT2D eigenvalue weighted by molar-refractivity contribution is 5.80. The zero-order valence-corrected chi connectivity index (χ0v) is 22.6. The average Bonchev–Trinajstić information content (AvgIpc) is 3.66. The summed E-state index contributed by atoms with van der Waals surface area (Å²) in [6.45, 7) is 2.80. The van der Waals surface area contributed by atoms with Gasteiger partial charge in [0.2, 0.25) is 5.82 Å². The first-order chi connectivity index (χ1) is 19.6. The van der Waals surface area contributed by atoms with Crippen LogP contribution in [0.2, 0.25) is 0 Å². The van der Waals surface area contributed by atoms with Crippen LogP contribution < -0.4 is 0 Å². The van der Waals surface area contributed by atoms with Crippen molar-refractivity contribution in [2.45, 2.75) is 58.4 Å². The van der Waals surface area contributed by atoms with Gasteiger partial charge in [0.25, 0.3) is 0 Å². The maximum atomic E-state index is 11.0. The first-order valence-electron chi connectivity index (χ1n) is 13.8. The molecule has 0 saturated heterocycles. The summed E-state index contributed by atoms with van der Waals surface area (Å²) in [7, 11) is 0. The molecule has 0 aliphatic carbocycles. The van der Waals surface area contributed by atoms with Crippen molar-refractivity contribution in [2.75, 3.05) is 0 Å². The minimum absolute atomic E-state index is 0.118. The van der Waals surface area contributed by atoms with Gasteiger partial charge in [-0.25, -0.2) is 9.67 Å². The van der Waals surface area contributed by atoms with Crippen LogP contribution in [0.3, 0.4) is 0 Å². The van der Waals surface area contributed by atoms with Gasteiger partial charge < -0.3 is 5.11 Å². The van der Waals surface area contributed by atoms with Crippen LogP contribution in [0.25, 0.3) is 33.9 Å². The van der Waals surface area contributed by atoms with Crippen LogP contribution in [0.4, 0.5) is 0 Å². The van der Waals surface area contributed by atoms with Crippen molar-refractivity contribution in [3.05, 3.63) is 89.7 Å². The fourth-order valence-electron chi connectivity index (χ4n) is 4.77. The molecule has 0 radical (unpaired) electrons. The fraction of sp³-hybridized carbons (Fsp3) is 0.290. The van der Waals surface area contributed by atoms with Crippen molar-refractivity contribution in [1.29, 1.82) is 0 Å². The van der Waals surface area contributed by atoms with Crippen molar-refractivity contribution in [3.8, 4) is 33.9 Å². The molecule has 0 unspecified atom stereocenters. The minimum atomic E-state index is -0.791. The Kier molecular flexibility index (Phi) is 8.70. The van der Waals surface area contributed by atoms with E-state index in [2.05, 4.69) is 57.9 Å².